The van der Waals surface area contributed by atoms with Crippen molar-refractivity contribution < 1.29 is 14.8 Å². The molecule has 0 aliphatic carbocycles. The SMILES string of the molecule is CC(=O)Nc1cc(B(O)O)ccc1[B]C(C)(C)C. The molecule has 1 aromatic rings. The molecule has 0 aromatic heterocycles. The molecule has 6 heteroatoms. The molecule has 1 amide bonds. The Bertz CT molecular complexity index is 441. The van der Waals surface area contributed by atoms with Gasteiger partial charge in [0.15, 0.2) is 7.28 Å². The van der Waals surface area contributed by atoms with E-state index in [1.807, 2.05) is 7.28 Å². The van der Waals surface area contributed by atoms with Gasteiger partial charge in [0.1, 0.15) is 0 Å². The van der Waals surface area contributed by atoms with Gasteiger partial charge in [-0.05, 0) is 11.5 Å². The second-order valence-corrected chi connectivity index (χ2v) is 5.41. The van der Waals surface area contributed by atoms with Crippen molar-refractivity contribution in [3.05, 3.63) is 18.2 Å². The molecule has 0 heterocycles. The number of hydrogen-bond acceptors (Lipinski definition) is 3. The van der Waals surface area contributed by atoms with Crippen LogP contribution in [0.5, 0.6) is 0 Å². The maximum absolute atomic E-state index is 11.2. The number of anilines is 1. The minimum atomic E-state index is -1.54. The Labute approximate surface area is 109 Å². The lowest BCUT2D eigenvalue weighted by atomic mass is 9.50. The summed E-state index contributed by atoms with van der Waals surface area (Å²) in [6.07, 6.45) is 0. The zero-order valence-corrected chi connectivity index (χ0v) is 11.2. The number of carbonyl (C=O) groups is 1. The smallest absolute Gasteiger partial charge is 0.423 e. The Kier molecular flexibility index (Phi) is 4.59. The molecule has 0 fully saturated rings. The van der Waals surface area contributed by atoms with E-state index in [4.69, 9.17) is 10.0 Å². The Balaban J connectivity index is 3.12. The summed E-state index contributed by atoms with van der Waals surface area (Å²) in [6.45, 7) is 7.58. The Morgan fingerprint density at radius 2 is 1.94 bits per heavy atom. The van der Waals surface area contributed by atoms with E-state index in [1.165, 1.54) is 6.92 Å². The van der Waals surface area contributed by atoms with Gasteiger partial charge in [0.25, 0.3) is 0 Å². The molecule has 0 saturated carbocycles. The van der Waals surface area contributed by atoms with E-state index >= 15 is 0 Å². The lowest BCUT2D eigenvalue weighted by Crippen LogP contribution is -2.34. The quantitative estimate of drug-likeness (QED) is 0.650. The lowest BCUT2D eigenvalue weighted by molar-refractivity contribution is -0.114. The van der Waals surface area contributed by atoms with Gasteiger partial charge in [-0.2, -0.15) is 0 Å². The Hall–Kier alpha value is -1.26. The molecule has 4 nitrogen and oxygen atoms in total. The fourth-order valence-electron chi connectivity index (χ4n) is 1.62. The van der Waals surface area contributed by atoms with E-state index in [0.29, 0.717) is 11.2 Å². The molecule has 0 bridgehead atoms. The van der Waals surface area contributed by atoms with Crippen LogP contribution in [0.4, 0.5) is 5.69 Å². The van der Waals surface area contributed by atoms with Crippen molar-refractivity contribution in [2.24, 2.45) is 0 Å². The van der Waals surface area contributed by atoms with Crippen molar-refractivity contribution in [2.45, 2.75) is 33.0 Å². The summed E-state index contributed by atoms with van der Waals surface area (Å²) in [5, 5.41) is 20.9. The third-order valence-corrected chi connectivity index (χ3v) is 2.27. The van der Waals surface area contributed by atoms with Crippen LogP contribution < -0.4 is 16.2 Å². The number of nitrogens with one attached hydrogen (secondary N) is 1. The number of rotatable bonds is 3. The third-order valence-electron chi connectivity index (χ3n) is 2.27. The zero-order valence-electron chi connectivity index (χ0n) is 11.2. The van der Waals surface area contributed by atoms with E-state index in [2.05, 4.69) is 26.1 Å². The molecular formula is C12H18B2NO3. The van der Waals surface area contributed by atoms with E-state index in [-0.39, 0.29) is 11.2 Å². The standard InChI is InChI=1S/C12H18B2NO3/c1-8(16)15-11-7-9(14(17)18)5-6-10(11)13-12(2,3)4/h5-7,17-18H,1-4H3,(H,15,16). The molecule has 1 radical (unpaired) electrons. The van der Waals surface area contributed by atoms with E-state index in [0.717, 1.165) is 5.46 Å². The zero-order chi connectivity index (χ0) is 13.9. The second kappa shape index (κ2) is 5.59. The fourth-order valence-corrected chi connectivity index (χ4v) is 1.62. The molecular weight excluding hydrogens is 228 g/mol. The molecule has 95 valence electrons. The van der Waals surface area contributed by atoms with Crippen LogP contribution in [0, 0.1) is 0 Å². The first-order valence-corrected chi connectivity index (χ1v) is 5.82. The summed E-state index contributed by atoms with van der Waals surface area (Å²) < 4.78 is 0. The van der Waals surface area contributed by atoms with Crippen LogP contribution in [0.3, 0.4) is 0 Å². The first kappa shape index (κ1) is 14.8. The van der Waals surface area contributed by atoms with Gasteiger partial charge in [0.05, 0.1) is 0 Å². The number of benzene rings is 1. The monoisotopic (exact) mass is 246 g/mol. The van der Waals surface area contributed by atoms with Crippen molar-refractivity contribution in [3.8, 4) is 0 Å². The highest BCUT2D eigenvalue weighted by Crippen LogP contribution is 2.20. The summed E-state index contributed by atoms with van der Waals surface area (Å²) in [6, 6.07) is 4.97. The van der Waals surface area contributed by atoms with Crippen molar-refractivity contribution in [1.82, 2.24) is 0 Å². The first-order valence-electron chi connectivity index (χ1n) is 5.82. The van der Waals surface area contributed by atoms with Gasteiger partial charge >= 0.3 is 7.12 Å². The predicted molar refractivity (Wildman–Crippen MR) is 75.7 cm³/mol. The highest BCUT2D eigenvalue weighted by atomic mass is 16.4. The van der Waals surface area contributed by atoms with Crippen LogP contribution >= 0.6 is 0 Å². The van der Waals surface area contributed by atoms with Crippen molar-refractivity contribution in [1.29, 1.82) is 0 Å². The highest BCUT2D eigenvalue weighted by Gasteiger charge is 2.19. The number of hydrogen-bond donors (Lipinski definition) is 3. The van der Waals surface area contributed by atoms with Gasteiger partial charge < -0.3 is 15.4 Å². The number of carbonyl (C=O) groups excluding carboxylic acids is 1. The van der Waals surface area contributed by atoms with Crippen molar-refractivity contribution in [3.63, 3.8) is 0 Å². The molecule has 0 aliphatic rings. The molecule has 18 heavy (non-hydrogen) atoms. The maximum atomic E-state index is 11.2. The third kappa shape index (κ3) is 4.55. The summed E-state index contributed by atoms with van der Waals surface area (Å²) in [7, 11) is 0.479. The van der Waals surface area contributed by atoms with E-state index in [9.17, 15) is 4.79 Å². The first-order chi connectivity index (χ1) is 8.19. The Morgan fingerprint density at radius 1 is 1.33 bits per heavy atom. The van der Waals surface area contributed by atoms with Crippen LogP contribution in [0.25, 0.3) is 0 Å². The van der Waals surface area contributed by atoms with Crippen LogP contribution in [0.2, 0.25) is 5.31 Å². The van der Waals surface area contributed by atoms with Crippen LogP contribution in [-0.2, 0) is 4.79 Å². The summed E-state index contributed by atoms with van der Waals surface area (Å²) >= 11 is 0. The molecule has 1 aromatic carbocycles. The predicted octanol–water partition coefficient (Wildman–Crippen LogP) is -0.127. The molecule has 3 N–H and O–H groups in total. The minimum absolute atomic E-state index is 0.0352. The van der Waals surface area contributed by atoms with Crippen molar-refractivity contribution in [2.75, 3.05) is 5.32 Å². The largest absolute Gasteiger partial charge is 0.488 e. The summed E-state index contributed by atoms with van der Waals surface area (Å²) in [4.78, 5) is 11.2. The Morgan fingerprint density at radius 3 is 2.39 bits per heavy atom. The van der Waals surface area contributed by atoms with Crippen molar-refractivity contribution >= 4 is 36.9 Å². The van der Waals surface area contributed by atoms with Gasteiger partial charge in [0.2, 0.25) is 5.91 Å². The summed E-state index contributed by atoms with van der Waals surface area (Å²) in [5.41, 5.74) is 1.80. The molecule has 0 saturated heterocycles. The van der Waals surface area contributed by atoms with Crippen LogP contribution in [0.1, 0.15) is 27.7 Å². The molecule has 0 unspecified atom stereocenters. The second-order valence-electron chi connectivity index (χ2n) is 5.41. The number of amides is 1. The lowest BCUT2D eigenvalue weighted by Gasteiger charge is -2.20. The van der Waals surface area contributed by atoms with Gasteiger partial charge in [0, 0.05) is 12.6 Å². The molecule has 0 spiro atoms. The average molecular weight is 246 g/mol. The van der Waals surface area contributed by atoms with E-state index in [1.54, 1.807) is 18.2 Å². The molecule has 1 rings (SSSR count). The normalized spacial score (nSPS) is 11.0. The maximum Gasteiger partial charge on any atom is 0.488 e. The molecule has 0 aliphatic heterocycles. The van der Waals surface area contributed by atoms with Gasteiger partial charge in [-0.3, -0.25) is 4.79 Å². The van der Waals surface area contributed by atoms with E-state index < -0.39 is 7.12 Å². The minimum Gasteiger partial charge on any atom is -0.423 e. The van der Waals surface area contributed by atoms with Crippen LogP contribution in [0.15, 0.2) is 18.2 Å². The van der Waals surface area contributed by atoms with Gasteiger partial charge in [-0.25, -0.2) is 0 Å². The molecule has 0 atom stereocenters. The highest BCUT2D eigenvalue weighted by molar-refractivity contribution is 6.61. The average Bonchev–Trinajstić information content (AvgIpc) is 2.17. The van der Waals surface area contributed by atoms with Gasteiger partial charge in [-0.15, -0.1) is 0 Å². The topological polar surface area (TPSA) is 69.6 Å². The summed E-state index contributed by atoms with van der Waals surface area (Å²) in [5.74, 6) is -0.192. The fraction of sp³-hybridized carbons (Fsp3) is 0.417. The van der Waals surface area contributed by atoms with Gasteiger partial charge in [-0.1, -0.05) is 43.7 Å². The van der Waals surface area contributed by atoms with Crippen LogP contribution in [-0.4, -0.2) is 30.4 Å².